The number of aliphatic hydroxyl groups is 1. The number of nitrogens with zero attached hydrogens (tertiary/aromatic N) is 2. The average Bonchev–Trinajstić information content (AvgIpc) is 2.87. The Morgan fingerprint density at radius 2 is 1.93 bits per heavy atom. The molecule has 1 heterocycles. The van der Waals surface area contributed by atoms with Crippen molar-refractivity contribution >= 4 is 40.7 Å². The Labute approximate surface area is 163 Å². The molecule has 8 nitrogen and oxygen atoms in total. The maximum Gasteiger partial charge on any atom is 0.282 e. The van der Waals surface area contributed by atoms with Gasteiger partial charge in [0.15, 0.2) is 0 Å². The third kappa shape index (κ3) is 3.73. The molecule has 2 aromatic carbocycles. The molecule has 1 atom stereocenters. The molecule has 1 N–H and O–H groups in total. The SMILES string of the molecule is O=C1c2cccc([N+](=O)[O-])c2C(=O)N1C[C@@H](O)COc1cc(Cl)ccc1Cl. The van der Waals surface area contributed by atoms with Crippen molar-refractivity contribution in [3.63, 3.8) is 0 Å². The quantitative estimate of drug-likeness (QED) is 0.445. The third-order valence-corrected chi connectivity index (χ3v) is 4.44. The van der Waals surface area contributed by atoms with E-state index in [1.165, 1.54) is 24.3 Å². The van der Waals surface area contributed by atoms with Crippen LogP contribution in [0, 0.1) is 10.1 Å². The molecule has 0 unspecified atom stereocenters. The molecule has 2 amide bonds. The normalized spacial score (nSPS) is 14.3. The van der Waals surface area contributed by atoms with Gasteiger partial charge in [-0.3, -0.25) is 24.6 Å². The van der Waals surface area contributed by atoms with Crippen molar-refractivity contribution in [1.29, 1.82) is 0 Å². The van der Waals surface area contributed by atoms with Gasteiger partial charge in [-0.05, 0) is 18.2 Å². The number of β-amino-alcohol motifs (C(OH)–C–C–N with tert-alkyl or cyclic N) is 1. The number of amides is 2. The molecule has 1 aliphatic heterocycles. The summed E-state index contributed by atoms with van der Waals surface area (Å²) in [5, 5.41) is 21.9. The van der Waals surface area contributed by atoms with Crippen LogP contribution in [0.5, 0.6) is 5.75 Å². The molecule has 27 heavy (non-hydrogen) atoms. The number of halogens is 2. The second-order valence-electron chi connectivity index (χ2n) is 5.72. The number of benzene rings is 2. The molecule has 0 bridgehead atoms. The zero-order valence-electron chi connectivity index (χ0n) is 13.6. The zero-order chi connectivity index (χ0) is 19.7. The van der Waals surface area contributed by atoms with E-state index in [2.05, 4.69) is 0 Å². The first-order valence-corrected chi connectivity index (χ1v) is 8.44. The summed E-state index contributed by atoms with van der Waals surface area (Å²) in [7, 11) is 0. The number of carbonyl (C=O) groups is 2. The predicted octanol–water partition coefficient (Wildman–Crippen LogP) is 2.94. The summed E-state index contributed by atoms with van der Waals surface area (Å²) in [5.74, 6) is -1.30. The summed E-state index contributed by atoms with van der Waals surface area (Å²) in [6.45, 7) is -0.656. The smallest absolute Gasteiger partial charge is 0.282 e. The lowest BCUT2D eigenvalue weighted by molar-refractivity contribution is -0.385. The first kappa shape index (κ1) is 19.1. The van der Waals surface area contributed by atoms with Gasteiger partial charge in [-0.1, -0.05) is 29.3 Å². The summed E-state index contributed by atoms with van der Waals surface area (Å²) in [5.41, 5.74) is -0.802. The first-order chi connectivity index (χ1) is 12.8. The van der Waals surface area contributed by atoms with Crippen LogP contribution in [0.1, 0.15) is 20.7 Å². The average molecular weight is 411 g/mol. The van der Waals surface area contributed by atoms with Gasteiger partial charge in [0, 0.05) is 17.2 Å². The Morgan fingerprint density at radius 3 is 2.63 bits per heavy atom. The minimum Gasteiger partial charge on any atom is -0.489 e. The van der Waals surface area contributed by atoms with Gasteiger partial charge < -0.3 is 9.84 Å². The number of nitro groups is 1. The zero-order valence-corrected chi connectivity index (χ0v) is 15.1. The topological polar surface area (TPSA) is 110 Å². The lowest BCUT2D eigenvalue weighted by Gasteiger charge is -2.19. The van der Waals surface area contributed by atoms with Crippen molar-refractivity contribution in [2.24, 2.45) is 0 Å². The van der Waals surface area contributed by atoms with Gasteiger partial charge in [-0.15, -0.1) is 0 Å². The molecule has 0 aromatic heterocycles. The Morgan fingerprint density at radius 1 is 1.19 bits per heavy atom. The molecule has 10 heteroatoms. The van der Waals surface area contributed by atoms with Gasteiger partial charge in [-0.25, -0.2) is 0 Å². The van der Waals surface area contributed by atoms with Crippen LogP contribution in [0.3, 0.4) is 0 Å². The lowest BCUT2D eigenvalue weighted by atomic mass is 10.1. The summed E-state index contributed by atoms with van der Waals surface area (Å²) in [6, 6.07) is 8.35. The molecular weight excluding hydrogens is 399 g/mol. The molecule has 0 radical (unpaired) electrons. The fraction of sp³-hybridized carbons (Fsp3) is 0.176. The summed E-state index contributed by atoms with van der Waals surface area (Å²) in [4.78, 5) is 36.0. The molecule has 0 saturated carbocycles. The van der Waals surface area contributed by atoms with Gasteiger partial charge >= 0.3 is 0 Å². The van der Waals surface area contributed by atoms with Gasteiger partial charge in [0.1, 0.15) is 24.0 Å². The van der Waals surface area contributed by atoms with Crippen LogP contribution in [0.15, 0.2) is 36.4 Å². The van der Waals surface area contributed by atoms with E-state index < -0.39 is 28.5 Å². The van der Waals surface area contributed by atoms with E-state index in [-0.39, 0.29) is 35.1 Å². The molecule has 140 valence electrons. The van der Waals surface area contributed by atoms with E-state index in [1.54, 1.807) is 6.07 Å². The minimum absolute atomic E-state index is 0.0693. The lowest BCUT2D eigenvalue weighted by Crippen LogP contribution is -2.39. The van der Waals surface area contributed by atoms with Gasteiger partial charge in [0.05, 0.1) is 22.1 Å². The molecule has 3 rings (SSSR count). The minimum atomic E-state index is -1.23. The molecule has 0 aliphatic carbocycles. The number of imide groups is 1. The maximum atomic E-state index is 12.5. The third-order valence-electron chi connectivity index (χ3n) is 3.89. The number of carbonyl (C=O) groups excluding carboxylic acids is 2. The van der Waals surface area contributed by atoms with Crippen molar-refractivity contribution in [2.75, 3.05) is 13.2 Å². The van der Waals surface area contributed by atoms with E-state index in [0.29, 0.717) is 5.02 Å². The van der Waals surface area contributed by atoms with Crippen LogP contribution in [0.4, 0.5) is 5.69 Å². The van der Waals surface area contributed by atoms with E-state index in [9.17, 15) is 24.8 Å². The highest BCUT2D eigenvalue weighted by atomic mass is 35.5. The van der Waals surface area contributed by atoms with E-state index in [1.807, 2.05) is 0 Å². The van der Waals surface area contributed by atoms with Crippen LogP contribution in [0.25, 0.3) is 0 Å². The first-order valence-electron chi connectivity index (χ1n) is 7.69. The van der Waals surface area contributed by atoms with Gasteiger partial charge in [-0.2, -0.15) is 0 Å². The maximum absolute atomic E-state index is 12.5. The molecule has 0 saturated heterocycles. The van der Waals surface area contributed by atoms with Crippen LogP contribution in [0.2, 0.25) is 10.0 Å². The van der Waals surface area contributed by atoms with Crippen molar-refractivity contribution in [3.05, 3.63) is 67.7 Å². The Bertz CT molecular complexity index is 949. The number of nitro benzene ring substituents is 1. The highest BCUT2D eigenvalue weighted by molar-refractivity contribution is 6.34. The van der Waals surface area contributed by atoms with Crippen molar-refractivity contribution in [1.82, 2.24) is 4.90 Å². The Hall–Kier alpha value is -2.68. The standard InChI is InChI=1S/C17H12Cl2N2O6/c18-9-4-5-12(19)14(6-9)27-8-10(22)7-20-16(23)11-2-1-3-13(21(25)26)15(11)17(20)24/h1-6,10,22H,7-8H2/t10-/m1/s1. The van der Waals surface area contributed by atoms with Crippen molar-refractivity contribution in [3.8, 4) is 5.75 Å². The Kier molecular flexibility index (Phi) is 5.31. The Balaban J connectivity index is 1.72. The fourth-order valence-corrected chi connectivity index (χ4v) is 3.01. The number of rotatable bonds is 6. The number of hydrogen-bond acceptors (Lipinski definition) is 6. The van der Waals surface area contributed by atoms with Crippen molar-refractivity contribution < 1.29 is 24.4 Å². The summed E-state index contributed by atoms with van der Waals surface area (Å²) >= 11 is 11.8. The van der Waals surface area contributed by atoms with E-state index >= 15 is 0 Å². The van der Waals surface area contributed by atoms with E-state index in [0.717, 1.165) is 11.0 Å². The van der Waals surface area contributed by atoms with Crippen LogP contribution in [-0.4, -0.2) is 46.0 Å². The van der Waals surface area contributed by atoms with Crippen LogP contribution in [-0.2, 0) is 0 Å². The molecule has 0 spiro atoms. The van der Waals surface area contributed by atoms with Gasteiger partial charge in [0.25, 0.3) is 17.5 Å². The number of aliphatic hydroxyl groups excluding tert-OH is 1. The summed E-state index contributed by atoms with van der Waals surface area (Å²) in [6.07, 6.45) is -1.23. The van der Waals surface area contributed by atoms with Crippen LogP contribution >= 0.6 is 23.2 Å². The van der Waals surface area contributed by atoms with E-state index in [4.69, 9.17) is 27.9 Å². The summed E-state index contributed by atoms with van der Waals surface area (Å²) < 4.78 is 5.38. The highest BCUT2D eigenvalue weighted by Gasteiger charge is 2.41. The molecule has 2 aromatic rings. The highest BCUT2D eigenvalue weighted by Crippen LogP contribution is 2.31. The molecule has 0 fully saturated rings. The largest absolute Gasteiger partial charge is 0.489 e. The van der Waals surface area contributed by atoms with Crippen molar-refractivity contribution in [2.45, 2.75) is 6.10 Å². The second-order valence-corrected chi connectivity index (χ2v) is 6.56. The van der Waals surface area contributed by atoms with Crippen LogP contribution < -0.4 is 4.74 Å². The second kappa shape index (κ2) is 7.51. The monoisotopic (exact) mass is 410 g/mol. The fourth-order valence-electron chi connectivity index (χ4n) is 2.67. The van der Waals surface area contributed by atoms with Gasteiger partial charge in [0.2, 0.25) is 0 Å². The number of ether oxygens (including phenoxy) is 1. The molecule has 1 aliphatic rings. The number of hydrogen-bond donors (Lipinski definition) is 1. The number of fused-ring (bicyclic) bond motifs is 1. The predicted molar refractivity (Wildman–Crippen MR) is 96.4 cm³/mol. The molecular formula is C17H12Cl2N2O6.